The number of para-hydroxylation sites is 1. The molecule has 0 saturated heterocycles. The minimum Gasteiger partial charge on any atom is -0.456 e. The molecule has 0 fully saturated rings. The van der Waals surface area contributed by atoms with Crippen LogP contribution in [0.4, 0.5) is 30.2 Å². The molecule has 0 saturated carbocycles. The highest BCUT2D eigenvalue weighted by molar-refractivity contribution is 7.47. The quantitative estimate of drug-likeness (QED) is 0.193. The second-order valence-corrected chi connectivity index (χ2v) is 8.61. The Morgan fingerprint density at radius 3 is 2.34 bits per heavy atom. The highest BCUT2D eigenvalue weighted by atomic mass is 35.5. The zero-order valence-corrected chi connectivity index (χ0v) is 18.2. The van der Waals surface area contributed by atoms with Crippen LogP contribution in [-0.4, -0.2) is 11.1 Å². The number of hydrogen-bond donors (Lipinski definition) is 0. The minimum absolute atomic E-state index is 0.0182. The van der Waals surface area contributed by atoms with Crippen molar-refractivity contribution in [2.75, 3.05) is 10.8 Å². The summed E-state index contributed by atoms with van der Waals surface area (Å²) >= 11 is 5.95. The van der Waals surface area contributed by atoms with E-state index in [1.165, 1.54) is 22.9 Å². The SMILES string of the molecule is CC[P+](=O)N(c1ccccc1)c1cc(Oc2ccc(C(F)(F)F)cc2Cl)ccc1[N+](=O)[O-]. The maximum absolute atomic E-state index is 12.9. The Balaban J connectivity index is 2.07. The van der Waals surface area contributed by atoms with Gasteiger partial charge in [-0.3, -0.25) is 10.1 Å². The van der Waals surface area contributed by atoms with Crippen molar-refractivity contribution in [1.29, 1.82) is 0 Å². The van der Waals surface area contributed by atoms with Gasteiger partial charge in [0.2, 0.25) is 0 Å². The lowest BCUT2D eigenvalue weighted by molar-refractivity contribution is -0.384. The molecule has 0 aliphatic carbocycles. The van der Waals surface area contributed by atoms with Gasteiger partial charge in [-0.25, -0.2) is 0 Å². The van der Waals surface area contributed by atoms with Crippen molar-refractivity contribution in [3.63, 3.8) is 0 Å². The molecule has 0 aromatic heterocycles. The van der Waals surface area contributed by atoms with Crippen LogP contribution >= 0.6 is 19.6 Å². The number of hydrogen-bond acceptors (Lipinski definition) is 4. The Hall–Kier alpha value is -3.16. The summed E-state index contributed by atoms with van der Waals surface area (Å²) < 4.78 is 58.4. The Morgan fingerprint density at radius 1 is 1.09 bits per heavy atom. The van der Waals surface area contributed by atoms with E-state index < -0.39 is 24.6 Å². The van der Waals surface area contributed by atoms with Crippen LogP contribution < -0.4 is 9.41 Å². The molecule has 11 heteroatoms. The molecule has 3 aromatic carbocycles. The molecular formula is C21H16ClF3N2O4P+. The van der Waals surface area contributed by atoms with Crippen LogP contribution in [0.1, 0.15) is 12.5 Å². The van der Waals surface area contributed by atoms with Gasteiger partial charge in [-0.15, -0.1) is 4.67 Å². The molecule has 0 amide bonds. The monoisotopic (exact) mass is 483 g/mol. The largest absolute Gasteiger partial charge is 0.466 e. The first-order chi connectivity index (χ1) is 15.1. The summed E-state index contributed by atoms with van der Waals surface area (Å²) in [5.74, 6) is 0.0123. The molecule has 0 bridgehead atoms. The lowest BCUT2D eigenvalue weighted by Gasteiger charge is -2.16. The maximum Gasteiger partial charge on any atom is 0.466 e. The molecule has 6 nitrogen and oxygen atoms in total. The molecule has 3 rings (SSSR count). The van der Waals surface area contributed by atoms with Gasteiger partial charge in [-0.1, -0.05) is 29.8 Å². The lowest BCUT2D eigenvalue weighted by Crippen LogP contribution is -2.10. The van der Waals surface area contributed by atoms with E-state index in [2.05, 4.69) is 0 Å². The standard InChI is InChI=1S/C21H16ClF3N2O4P/c1-2-32(30)26(15-6-4-3-5-7-15)19-13-16(9-10-18(19)27(28)29)31-20-11-8-14(12-17(20)22)21(23,24)25/h3-13H,2H2,1H3/q+1. The number of nitrogens with zero attached hydrogens (tertiary/aromatic N) is 2. The average Bonchev–Trinajstić information content (AvgIpc) is 2.75. The molecule has 0 N–H and O–H groups in total. The summed E-state index contributed by atoms with van der Waals surface area (Å²) in [4.78, 5) is 11.0. The van der Waals surface area contributed by atoms with E-state index in [1.54, 1.807) is 37.3 Å². The van der Waals surface area contributed by atoms with E-state index in [-0.39, 0.29) is 34.1 Å². The lowest BCUT2D eigenvalue weighted by atomic mass is 10.2. The first-order valence-electron chi connectivity index (χ1n) is 9.24. The van der Waals surface area contributed by atoms with Crippen molar-refractivity contribution >= 4 is 36.6 Å². The number of rotatable bonds is 7. The average molecular weight is 484 g/mol. The van der Waals surface area contributed by atoms with Crippen LogP contribution in [0.5, 0.6) is 11.5 Å². The number of nitro benzene ring substituents is 1. The van der Waals surface area contributed by atoms with Crippen LogP contribution in [0, 0.1) is 10.1 Å². The predicted octanol–water partition coefficient (Wildman–Crippen LogP) is 7.96. The summed E-state index contributed by atoms with van der Waals surface area (Å²) in [6, 6.07) is 14.9. The molecule has 0 radical (unpaired) electrons. The number of benzene rings is 3. The fourth-order valence-corrected chi connectivity index (χ4v) is 4.17. The summed E-state index contributed by atoms with van der Waals surface area (Å²) in [7, 11) is -2.06. The topological polar surface area (TPSA) is 72.7 Å². The van der Waals surface area contributed by atoms with Gasteiger partial charge in [0.25, 0.3) is 5.69 Å². The number of anilines is 2. The van der Waals surface area contributed by atoms with Crippen LogP contribution in [0.3, 0.4) is 0 Å². The van der Waals surface area contributed by atoms with Crippen molar-refractivity contribution < 1.29 is 27.4 Å². The van der Waals surface area contributed by atoms with Crippen LogP contribution in [-0.2, 0) is 10.7 Å². The Morgan fingerprint density at radius 2 is 1.78 bits per heavy atom. The van der Waals surface area contributed by atoms with Crippen LogP contribution in [0.2, 0.25) is 5.02 Å². The van der Waals surface area contributed by atoms with Gasteiger partial charge in [0, 0.05) is 12.1 Å². The van der Waals surface area contributed by atoms with E-state index in [0.29, 0.717) is 5.69 Å². The van der Waals surface area contributed by atoms with E-state index in [4.69, 9.17) is 16.3 Å². The first-order valence-corrected chi connectivity index (χ1v) is 11.0. The maximum atomic E-state index is 12.9. The van der Waals surface area contributed by atoms with Gasteiger partial charge < -0.3 is 4.74 Å². The minimum atomic E-state index is -4.57. The summed E-state index contributed by atoms with van der Waals surface area (Å²) in [6.45, 7) is 1.68. The molecule has 32 heavy (non-hydrogen) atoms. The third kappa shape index (κ3) is 5.18. The fraction of sp³-hybridized carbons (Fsp3) is 0.143. The van der Waals surface area contributed by atoms with Crippen molar-refractivity contribution in [2.24, 2.45) is 0 Å². The van der Waals surface area contributed by atoms with Gasteiger partial charge >= 0.3 is 14.1 Å². The highest BCUT2D eigenvalue weighted by Crippen LogP contribution is 2.47. The fourth-order valence-electron chi connectivity index (χ4n) is 2.88. The molecule has 0 heterocycles. The first kappa shape index (κ1) is 23.5. The van der Waals surface area contributed by atoms with E-state index in [0.717, 1.165) is 18.2 Å². The predicted molar refractivity (Wildman–Crippen MR) is 116 cm³/mol. The zero-order valence-electron chi connectivity index (χ0n) is 16.5. The summed E-state index contributed by atoms with van der Waals surface area (Å²) in [6.07, 6.45) is -4.35. The number of alkyl halides is 3. The van der Waals surface area contributed by atoms with Gasteiger partial charge in [-0.2, -0.15) is 13.2 Å². The molecule has 0 aliphatic rings. The van der Waals surface area contributed by atoms with E-state index in [9.17, 15) is 27.9 Å². The molecule has 1 unspecified atom stereocenters. The molecule has 3 aromatic rings. The third-order valence-corrected chi connectivity index (χ3v) is 6.08. The summed E-state index contributed by atoms with van der Waals surface area (Å²) in [5, 5.41) is 11.4. The van der Waals surface area contributed by atoms with Crippen LogP contribution in [0.15, 0.2) is 66.7 Å². The molecule has 0 spiro atoms. The van der Waals surface area contributed by atoms with Gasteiger partial charge in [0.1, 0.15) is 11.5 Å². The molecule has 1 atom stereocenters. The van der Waals surface area contributed by atoms with Gasteiger partial charge in [0.15, 0.2) is 11.8 Å². The van der Waals surface area contributed by atoms with E-state index >= 15 is 0 Å². The van der Waals surface area contributed by atoms with Crippen molar-refractivity contribution in [3.8, 4) is 11.5 Å². The van der Waals surface area contributed by atoms with E-state index in [1.807, 2.05) is 0 Å². The Kier molecular flexibility index (Phi) is 7.01. The third-order valence-electron chi connectivity index (χ3n) is 4.35. The number of nitro groups is 1. The van der Waals surface area contributed by atoms with Crippen molar-refractivity contribution in [2.45, 2.75) is 13.1 Å². The van der Waals surface area contributed by atoms with Crippen molar-refractivity contribution in [1.82, 2.24) is 0 Å². The Labute approximate surface area is 187 Å². The summed E-state index contributed by atoms with van der Waals surface area (Å²) in [5.41, 5.74) is -0.751. The van der Waals surface area contributed by atoms with Crippen molar-refractivity contribution in [3.05, 3.63) is 87.4 Å². The second-order valence-electron chi connectivity index (χ2n) is 6.47. The normalized spacial score (nSPS) is 11.7. The molecular weight excluding hydrogens is 468 g/mol. The highest BCUT2D eigenvalue weighted by Gasteiger charge is 2.34. The molecule has 0 aliphatic heterocycles. The second kappa shape index (κ2) is 9.54. The zero-order chi connectivity index (χ0) is 23.5. The van der Waals surface area contributed by atoms with Gasteiger partial charge in [-0.05, 0) is 47.9 Å². The Bertz CT molecular complexity index is 1160. The molecule has 166 valence electrons. The smallest absolute Gasteiger partial charge is 0.456 e. The van der Waals surface area contributed by atoms with Gasteiger partial charge in [0.05, 0.1) is 21.2 Å². The number of halogens is 4. The number of ether oxygens (including phenoxy) is 1. The van der Waals surface area contributed by atoms with Crippen LogP contribution in [0.25, 0.3) is 0 Å².